The van der Waals surface area contributed by atoms with Gasteiger partial charge in [0.2, 0.25) is 0 Å². The van der Waals surface area contributed by atoms with Crippen molar-refractivity contribution in [3.63, 3.8) is 0 Å². The molecule has 1 amide bonds. The highest BCUT2D eigenvalue weighted by molar-refractivity contribution is 5.94. The number of carbonyl (C=O) groups excluding carboxylic acids is 1. The lowest BCUT2D eigenvalue weighted by molar-refractivity contribution is 0.0950. The number of carbonyl (C=O) groups is 1. The number of ether oxygens (including phenoxy) is 2. The van der Waals surface area contributed by atoms with Gasteiger partial charge in [0, 0.05) is 41.6 Å². The van der Waals surface area contributed by atoms with Crippen molar-refractivity contribution in [2.75, 3.05) is 13.2 Å². The largest absolute Gasteiger partial charge is 0.493 e. The van der Waals surface area contributed by atoms with Gasteiger partial charge in [-0.1, -0.05) is 32.9 Å². The van der Waals surface area contributed by atoms with Crippen molar-refractivity contribution in [3.8, 4) is 11.5 Å². The fraction of sp³-hybridized carbons (Fsp3) is 0.409. The standard InChI is InChI=1S/C22H25NO3/c1-22(2,3)16-6-4-14(5-7-16)21(24)23-13-18-17-9-11-25-19(17)12-15-8-10-26-20(15)18/h4-7,12H,8-11,13H2,1-3H3,(H,23,24). The predicted octanol–water partition coefficient (Wildman–Crippen LogP) is 3.78. The van der Waals surface area contributed by atoms with Crippen molar-refractivity contribution < 1.29 is 14.3 Å². The van der Waals surface area contributed by atoms with Crippen LogP contribution in [0.5, 0.6) is 11.5 Å². The number of fused-ring (bicyclic) bond motifs is 2. The lowest BCUT2D eigenvalue weighted by Gasteiger charge is -2.19. The van der Waals surface area contributed by atoms with Crippen LogP contribution in [0.1, 0.15) is 53.4 Å². The van der Waals surface area contributed by atoms with Crippen LogP contribution in [0.15, 0.2) is 30.3 Å². The Kier molecular flexibility index (Phi) is 4.14. The molecular formula is C22H25NO3. The molecule has 2 aliphatic heterocycles. The monoisotopic (exact) mass is 351 g/mol. The highest BCUT2D eigenvalue weighted by atomic mass is 16.5. The van der Waals surface area contributed by atoms with Gasteiger partial charge in [-0.25, -0.2) is 0 Å². The van der Waals surface area contributed by atoms with Crippen molar-refractivity contribution in [2.24, 2.45) is 0 Å². The summed E-state index contributed by atoms with van der Waals surface area (Å²) >= 11 is 0. The van der Waals surface area contributed by atoms with Crippen LogP contribution in [-0.4, -0.2) is 19.1 Å². The van der Waals surface area contributed by atoms with Crippen LogP contribution in [0.2, 0.25) is 0 Å². The van der Waals surface area contributed by atoms with E-state index in [0.717, 1.165) is 29.9 Å². The van der Waals surface area contributed by atoms with Gasteiger partial charge in [-0.3, -0.25) is 4.79 Å². The topological polar surface area (TPSA) is 47.6 Å². The maximum Gasteiger partial charge on any atom is 0.251 e. The van der Waals surface area contributed by atoms with Crippen molar-refractivity contribution in [2.45, 2.75) is 45.6 Å². The van der Waals surface area contributed by atoms with E-state index in [1.54, 1.807) is 0 Å². The van der Waals surface area contributed by atoms with Crippen LogP contribution in [-0.2, 0) is 24.8 Å². The average molecular weight is 351 g/mol. The predicted molar refractivity (Wildman–Crippen MR) is 101 cm³/mol. The summed E-state index contributed by atoms with van der Waals surface area (Å²) in [5, 5.41) is 3.06. The molecule has 0 unspecified atom stereocenters. The lowest BCUT2D eigenvalue weighted by atomic mass is 9.87. The summed E-state index contributed by atoms with van der Waals surface area (Å²) in [7, 11) is 0. The van der Waals surface area contributed by atoms with Crippen LogP contribution in [0, 0.1) is 0 Å². The Hall–Kier alpha value is -2.49. The number of benzene rings is 2. The Balaban J connectivity index is 1.52. The lowest BCUT2D eigenvalue weighted by Crippen LogP contribution is -2.24. The summed E-state index contributed by atoms with van der Waals surface area (Å²) in [6.07, 6.45) is 1.78. The van der Waals surface area contributed by atoms with E-state index in [2.05, 4.69) is 32.2 Å². The Morgan fingerprint density at radius 3 is 2.54 bits per heavy atom. The number of hydrogen-bond acceptors (Lipinski definition) is 3. The van der Waals surface area contributed by atoms with Crippen LogP contribution >= 0.6 is 0 Å². The molecule has 0 bridgehead atoms. The first kappa shape index (κ1) is 17.0. The molecule has 0 aromatic heterocycles. The summed E-state index contributed by atoms with van der Waals surface area (Å²) in [4.78, 5) is 12.6. The molecule has 1 N–H and O–H groups in total. The highest BCUT2D eigenvalue weighted by Crippen LogP contribution is 2.40. The quantitative estimate of drug-likeness (QED) is 0.915. The third-order valence-electron chi connectivity index (χ3n) is 5.20. The SMILES string of the molecule is CC(C)(C)c1ccc(C(=O)NCc2c3c(cc4c2OCC4)OCC3)cc1. The smallest absolute Gasteiger partial charge is 0.251 e. The molecule has 4 rings (SSSR count). The van der Waals surface area contributed by atoms with Crippen LogP contribution in [0.3, 0.4) is 0 Å². The molecule has 0 atom stereocenters. The van der Waals surface area contributed by atoms with Gasteiger partial charge in [0.1, 0.15) is 11.5 Å². The summed E-state index contributed by atoms with van der Waals surface area (Å²) in [6.45, 7) is 8.37. The molecule has 0 fully saturated rings. The molecule has 4 nitrogen and oxygen atoms in total. The summed E-state index contributed by atoms with van der Waals surface area (Å²) in [5.74, 6) is 1.83. The molecule has 0 radical (unpaired) electrons. The first-order valence-corrected chi connectivity index (χ1v) is 9.25. The minimum atomic E-state index is -0.0614. The second-order valence-corrected chi connectivity index (χ2v) is 8.03. The summed E-state index contributed by atoms with van der Waals surface area (Å²) in [6, 6.07) is 9.96. The molecule has 2 aliphatic rings. The van der Waals surface area contributed by atoms with Crippen molar-refractivity contribution in [1.29, 1.82) is 0 Å². The fourth-order valence-corrected chi connectivity index (χ4v) is 3.66. The van der Waals surface area contributed by atoms with E-state index in [9.17, 15) is 4.79 Å². The minimum Gasteiger partial charge on any atom is -0.493 e. The average Bonchev–Trinajstić information content (AvgIpc) is 3.26. The third kappa shape index (κ3) is 3.05. The zero-order chi connectivity index (χ0) is 18.3. The normalized spacial score (nSPS) is 15.0. The summed E-state index contributed by atoms with van der Waals surface area (Å²) < 4.78 is 11.6. The minimum absolute atomic E-state index is 0.0614. The molecule has 0 spiro atoms. The van der Waals surface area contributed by atoms with Crippen molar-refractivity contribution in [1.82, 2.24) is 5.32 Å². The van der Waals surface area contributed by atoms with Crippen molar-refractivity contribution in [3.05, 3.63) is 58.1 Å². The highest BCUT2D eigenvalue weighted by Gasteiger charge is 2.26. The number of amides is 1. The Morgan fingerprint density at radius 1 is 1.08 bits per heavy atom. The van der Waals surface area contributed by atoms with E-state index in [1.807, 2.05) is 24.3 Å². The van der Waals surface area contributed by atoms with E-state index >= 15 is 0 Å². The molecule has 0 saturated carbocycles. The van der Waals surface area contributed by atoms with Crippen molar-refractivity contribution >= 4 is 5.91 Å². The molecule has 2 heterocycles. The number of rotatable bonds is 3. The van der Waals surface area contributed by atoms with Gasteiger partial charge in [-0.15, -0.1) is 0 Å². The van der Waals surface area contributed by atoms with E-state index in [-0.39, 0.29) is 11.3 Å². The maximum absolute atomic E-state index is 12.6. The molecular weight excluding hydrogens is 326 g/mol. The first-order valence-electron chi connectivity index (χ1n) is 9.25. The van der Waals surface area contributed by atoms with Crippen LogP contribution in [0.4, 0.5) is 0 Å². The molecule has 2 aromatic rings. The van der Waals surface area contributed by atoms with Gasteiger partial charge in [-0.2, -0.15) is 0 Å². The Bertz CT molecular complexity index is 815. The maximum atomic E-state index is 12.6. The van der Waals surface area contributed by atoms with Gasteiger partial charge in [0.15, 0.2) is 0 Å². The molecule has 4 heteroatoms. The fourth-order valence-electron chi connectivity index (χ4n) is 3.66. The second-order valence-electron chi connectivity index (χ2n) is 8.03. The molecule has 136 valence electrons. The third-order valence-corrected chi connectivity index (χ3v) is 5.20. The Morgan fingerprint density at radius 2 is 1.81 bits per heavy atom. The van der Waals surface area contributed by atoms with E-state index in [0.29, 0.717) is 25.3 Å². The molecule has 26 heavy (non-hydrogen) atoms. The zero-order valence-electron chi connectivity index (χ0n) is 15.6. The van der Waals surface area contributed by atoms with Gasteiger partial charge in [-0.05, 0) is 29.2 Å². The van der Waals surface area contributed by atoms with Gasteiger partial charge in [0.05, 0.1) is 13.2 Å². The Labute approximate surface area is 154 Å². The number of hydrogen-bond donors (Lipinski definition) is 1. The zero-order valence-corrected chi connectivity index (χ0v) is 15.6. The first-order chi connectivity index (χ1) is 12.4. The molecule has 0 saturated heterocycles. The van der Waals surface area contributed by atoms with E-state index < -0.39 is 0 Å². The van der Waals surface area contributed by atoms with E-state index in [4.69, 9.17) is 9.47 Å². The molecule has 0 aliphatic carbocycles. The number of nitrogens with one attached hydrogen (secondary N) is 1. The van der Waals surface area contributed by atoms with Gasteiger partial charge < -0.3 is 14.8 Å². The summed E-state index contributed by atoms with van der Waals surface area (Å²) in [5.41, 5.74) is 5.42. The van der Waals surface area contributed by atoms with Gasteiger partial charge >= 0.3 is 0 Å². The van der Waals surface area contributed by atoms with E-state index in [1.165, 1.54) is 16.7 Å². The van der Waals surface area contributed by atoms with Gasteiger partial charge in [0.25, 0.3) is 5.91 Å². The second kappa shape index (κ2) is 6.35. The molecule has 2 aromatic carbocycles. The van der Waals surface area contributed by atoms with Crippen LogP contribution < -0.4 is 14.8 Å². The van der Waals surface area contributed by atoms with Crippen LogP contribution in [0.25, 0.3) is 0 Å².